The SMILES string of the molecule is CCOC(=O)C(C)Oc1ncccc1C. The number of aryl methyl sites for hydroxylation is 1. The fraction of sp³-hybridized carbons (Fsp3) is 0.455. The van der Waals surface area contributed by atoms with Crippen LogP contribution in [0.15, 0.2) is 18.3 Å². The Bertz CT molecular complexity index is 338. The van der Waals surface area contributed by atoms with Gasteiger partial charge in [0.15, 0.2) is 6.10 Å². The molecule has 0 bridgehead atoms. The molecule has 0 amide bonds. The van der Waals surface area contributed by atoms with Crippen LogP contribution in [0.25, 0.3) is 0 Å². The molecule has 0 aliphatic rings. The summed E-state index contributed by atoms with van der Waals surface area (Å²) in [7, 11) is 0. The number of pyridine rings is 1. The molecule has 0 aromatic carbocycles. The predicted octanol–water partition coefficient (Wildman–Crippen LogP) is 1.72. The van der Waals surface area contributed by atoms with Crippen LogP contribution < -0.4 is 4.74 Å². The Labute approximate surface area is 89.2 Å². The summed E-state index contributed by atoms with van der Waals surface area (Å²) in [5.74, 6) is 0.0978. The number of hydrogen-bond acceptors (Lipinski definition) is 4. The lowest BCUT2D eigenvalue weighted by atomic mass is 10.3. The third-order valence-corrected chi connectivity index (χ3v) is 1.87. The molecule has 0 fully saturated rings. The van der Waals surface area contributed by atoms with E-state index in [0.717, 1.165) is 5.56 Å². The number of nitrogens with zero attached hydrogens (tertiary/aromatic N) is 1. The highest BCUT2D eigenvalue weighted by Crippen LogP contribution is 2.14. The van der Waals surface area contributed by atoms with Crippen molar-refractivity contribution < 1.29 is 14.3 Å². The summed E-state index contributed by atoms with van der Waals surface area (Å²) in [6.45, 7) is 5.64. The van der Waals surface area contributed by atoms with Crippen LogP contribution in [-0.2, 0) is 9.53 Å². The first-order chi connectivity index (χ1) is 7.15. The van der Waals surface area contributed by atoms with E-state index in [1.807, 2.05) is 19.1 Å². The van der Waals surface area contributed by atoms with Crippen molar-refractivity contribution in [2.75, 3.05) is 6.61 Å². The second kappa shape index (κ2) is 5.34. The summed E-state index contributed by atoms with van der Waals surface area (Å²) in [6, 6.07) is 3.69. The summed E-state index contributed by atoms with van der Waals surface area (Å²) in [5.41, 5.74) is 0.897. The van der Waals surface area contributed by atoms with E-state index in [-0.39, 0.29) is 5.97 Å². The third-order valence-electron chi connectivity index (χ3n) is 1.87. The maximum Gasteiger partial charge on any atom is 0.347 e. The maximum atomic E-state index is 11.3. The smallest absolute Gasteiger partial charge is 0.347 e. The molecular weight excluding hydrogens is 194 g/mol. The van der Waals surface area contributed by atoms with Crippen LogP contribution in [0, 0.1) is 6.92 Å². The largest absolute Gasteiger partial charge is 0.463 e. The van der Waals surface area contributed by atoms with E-state index >= 15 is 0 Å². The summed E-state index contributed by atoms with van der Waals surface area (Å²) in [4.78, 5) is 15.3. The monoisotopic (exact) mass is 209 g/mol. The highest BCUT2D eigenvalue weighted by molar-refractivity contribution is 5.74. The van der Waals surface area contributed by atoms with Gasteiger partial charge in [-0.3, -0.25) is 0 Å². The van der Waals surface area contributed by atoms with E-state index in [9.17, 15) is 4.79 Å². The van der Waals surface area contributed by atoms with Gasteiger partial charge < -0.3 is 9.47 Å². The standard InChI is InChI=1S/C11H15NO3/c1-4-14-11(13)9(3)15-10-8(2)6-5-7-12-10/h5-7,9H,4H2,1-3H3. The van der Waals surface area contributed by atoms with Crippen LogP contribution in [-0.4, -0.2) is 23.7 Å². The molecule has 0 radical (unpaired) electrons. The molecule has 1 atom stereocenters. The van der Waals surface area contributed by atoms with Crippen molar-refractivity contribution in [3.63, 3.8) is 0 Å². The van der Waals surface area contributed by atoms with Gasteiger partial charge >= 0.3 is 5.97 Å². The summed E-state index contributed by atoms with van der Waals surface area (Å²) in [6.07, 6.45) is 0.999. The van der Waals surface area contributed by atoms with Gasteiger partial charge in [0.1, 0.15) is 0 Å². The molecule has 1 unspecified atom stereocenters. The lowest BCUT2D eigenvalue weighted by molar-refractivity contribution is -0.150. The molecule has 1 aromatic rings. The molecule has 1 heterocycles. The number of carbonyl (C=O) groups is 1. The number of aromatic nitrogens is 1. The van der Waals surface area contributed by atoms with Crippen LogP contribution in [0.3, 0.4) is 0 Å². The van der Waals surface area contributed by atoms with Gasteiger partial charge in [-0.15, -0.1) is 0 Å². The predicted molar refractivity (Wildman–Crippen MR) is 55.7 cm³/mol. The Morgan fingerprint density at radius 3 is 2.93 bits per heavy atom. The van der Waals surface area contributed by atoms with E-state index in [2.05, 4.69) is 4.98 Å². The van der Waals surface area contributed by atoms with Gasteiger partial charge in [0, 0.05) is 11.8 Å². The molecule has 4 nitrogen and oxygen atoms in total. The van der Waals surface area contributed by atoms with Crippen molar-refractivity contribution in [3.05, 3.63) is 23.9 Å². The number of hydrogen-bond donors (Lipinski definition) is 0. The summed E-state index contributed by atoms with van der Waals surface area (Å²) in [5, 5.41) is 0. The average molecular weight is 209 g/mol. The first-order valence-corrected chi connectivity index (χ1v) is 4.90. The van der Waals surface area contributed by atoms with Gasteiger partial charge in [0.05, 0.1) is 6.61 Å². The molecule has 15 heavy (non-hydrogen) atoms. The fourth-order valence-corrected chi connectivity index (χ4v) is 1.07. The highest BCUT2D eigenvalue weighted by Gasteiger charge is 2.16. The third kappa shape index (κ3) is 3.23. The summed E-state index contributed by atoms with van der Waals surface area (Å²) < 4.78 is 10.2. The van der Waals surface area contributed by atoms with Crippen molar-refractivity contribution in [2.24, 2.45) is 0 Å². The molecular formula is C11H15NO3. The molecule has 0 saturated carbocycles. The molecule has 0 saturated heterocycles. The minimum absolute atomic E-state index is 0.355. The Hall–Kier alpha value is -1.58. The number of rotatable bonds is 4. The topological polar surface area (TPSA) is 48.4 Å². The van der Waals surface area contributed by atoms with Crippen molar-refractivity contribution in [3.8, 4) is 5.88 Å². The van der Waals surface area contributed by atoms with Gasteiger partial charge in [0.25, 0.3) is 0 Å². The van der Waals surface area contributed by atoms with E-state index in [1.165, 1.54) is 0 Å². The van der Waals surface area contributed by atoms with Crippen LogP contribution >= 0.6 is 0 Å². The highest BCUT2D eigenvalue weighted by atomic mass is 16.6. The van der Waals surface area contributed by atoms with Gasteiger partial charge in [-0.25, -0.2) is 9.78 Å². The zero-order valence-corrected chi connectivity index (χ0v) is 9.19. The maximum absolute atomic E-state index is 11.3. The quantitative estimate of drug-likeness (QED) is 0.708. The van der Waals surface area contributed by atoms with Gasteiger partial charge in [-0.2, -0.15) is 0 Å². The number of carbonyl (C=O) groups excluding carboxylic acids is 1. The Morgan fingerprint density at radius 1 is 1.60 bits per heavy atom. The Kier molecular flexibility index (Phi) is 4.09. The van der Waals surface area contributed by atoms with Gasteiger partial charge in [0.2, 0.25) is 5.88 Å². The fourth-order valence-electron chi connectivity index (χ4n) is 1.07. The first kappa shape index (κ1) is 11.5. The van der Waals surface area contributed by atoms with Crippen molar-refractivity contribution >= 4 is 5.97 Å². The van der Waals surface area contributed by atoms with Crippen LogP contribution in [0.1, 0.15) is 19.4 Å². The minimum Gasteiger partial charge on any atom is -0.463 e. The molecule has 0 aliphatic carbocycles. The van der Waals surface area contributed by atoms with E-state index in [4.69, 9.17) is 9.47 Å². The zero-order chi connectivity index (χ0) is 11.3. The van der Waals surface area contributed by atoms with E-state index in [1.54, 1.807) is 20.0 Å². The van der Waals surface area contributed by atoms with Gasteiger partial charge in [-0.1, -0.05) is 6.07 Å². The van der Waals surface area contributed by atoms with Crippen LogP contribution in [0.2, 0.25) is 0 Å². The lowest BCUT2D eigenvalue weighted by Gasteiger charge is -2.13. The van der Waals surface area contributed by atoms with Crippen molar-refractivity contribution in [2.45, 2.75) is 26.9 Å². The minimum atomic E-state index is -0.626. The van der Waals surface area contributed by atoms with E-state index in [0.29, 0.717) is 12.5 Å². The lowest BCUT2D eigenvalue weighted by Crippen LogP contribution is -2.26. The Balaban J connectivity index is 2.62. The first-order valence-electron chi connectivity index (χ1n) is 4.90. The van der Waals surface area contributed by atoms with E-state index < -0.39 is 6.10 Å². The normalized spacial score (nSPS) is 11.9. The average Bonchev–Trinajstić information content (AvgIpc) is 2.21. The molecule has 4 heteroatoms. The van der Waals surface area contributed by atoms with Gasteiger partial charge in [-0.05, 0) is 26.8 Å². The number of ether oxygens (including phenoxy) is 2. The second-order valence-corrected chi connectivity index (χ2v) is 3.14. The van der Waals surface area contributed by atoms with Crippen molar-refractivity contribution in [1.29, 1.82) is 0 Å². The van der Waals surface area contributed by atoms with Crippen LogP contribution in [0.4, 0.5) is 0 Å². The molecule has 0 N–H and O–H groups in total. The van der Waals surface area contributed by atoms with Crippen molar-refractivity contribution in [1.82, 2.24) is 4.98 Å². The Morgan fingerprint density at radius 2 is 2.33 bits per heavy atom. The summed E-state index contributed by atoms with van der Waals surface area (Å²) >= 11 is 0. The molecule has 0 aliphatic heterocycles. The zero-order valence-electron chi connectivity index (χ0n) is 9.19. The molecule has 1 aromatic heterocycles. The number of esters is 1. The molecule has 1 rings (SSSR count). The molecule has 82 valence electrons. The molecule has 0 spiro atoms. The van der Waals surface area contributed by atoms with Crippen LogP contribution in [0.5, 0.6) is 5.88 Å². The second-order valence-electron chi connectivity index (χ2n) is 3.14.